The van der Waals surface area contributed by atoms with Crippen LogP contribution in [-0.4, -0.2) is 4.98 Å². The predicted octanol–water partition coefficient (Wildman–Crippen LogP) is 3.00. The number of halogens is 1. The highest BCUT2D eigenvalue weighted by Crippen LogP contribution is 2.25. The average molecular weight is 261 g/mol. The molecule has 0 radical (unpaired) electrons. The Labute approximate surface area is 108 Å². The number of hydrogen-bond donors (Lipinski definition) is 1. The van der Waals surface area contributed by atoms with Gasteiger partial charge in [-0.3, -0.25) is 4.79 Å². The molecule has 0 fully saturated rings. The lowest BCUT2D eigenvalue weighted by molar-refractivity contribution is 0.471. The van der Waals surface area contributed by atoms with Crippen LogP contribution in [0.2, 0.25) is 5.02 Å². The first-order valence-corrected chi connectivity index (χ1v) is 5.55. The largest absolute Gasteiger partial charge is 0.451 e. The second-order valence-electron chi connectivity index (χ2n) is 3.71. The van der Waals surface area contributed by atoms with Crippen molar-refractivity contribution in [1.29, 1.82) is 5.26 Å². The molecule has 18 heavy (non-hydrogen) atoms. The summed E-state index contributed by atoms with van der Waals surface area (Å²) in [5, 5.41) is 9.21. The van der Waals surface area contributed by atoms with Crippen LogP contribution in [0.15, 0.2) is 35.3 Å². The quantitative estimate of drug-likeness (QED) is 0.903. The molecule has 0 spiro atoms. The number of nitrogens with zero attached hydrogens (tertiary/aromatic N) is 1. The van der Waals surface area contributed by atoms with E-state index in [9.17, 15) is 4.79 Å². The van der Waals surface area contributed by atoms with Crippen molar-refractivity contribution < 1.29 is 4.74 Å². The van der Waals surface area contributed by atoms with Gasteiger partial charge in [0.15, 0.2) is 5.75 Å². The normalized spacial score (nSPS) is 9.83. The van der Waals surface area contributed by atoms with E-state index >= 15 is 0 Å². The molecule has 1 N–H and O–H groups in total. The van der Waals surface area contributed by atoms with Crippen molar-refractivity contribution >= 4 is 11.6 Å². The topological polar surface area (TPSA) is 65.9 Å². The van der Waals surface area contributed by atoms with E-state index in [2.05, 4.69) is 4.98 Å². The van der Waals surface area contributed by atoms with Crippen molar-refractivity contribution in [2.45, 2.75) is 6.92 Å². The van der Waals surface area contributed by atoms with Crippen LogP contribution in [0, 0.1) is 18.3 Å². The molecule has 2 aromatic rings. The number of nitrogens with one attached hydrogen (secondary N) is 1. The van der Waals surface area contributed by atoms with Gasteiger partial charge in [0.1, 0.15) is 5.75 Å². The highest BCUT2D eigenvalue weighted by atomic mass is 35.5. The minimum atomic E-state index is -0.325. The van der Waals surface area contributed by atoms with Crippen LogP contribution < -0.4 is 10.3 Å². The molecule has 1 aromatic heterocycles. The summed E-state index contributed by atoms with van der Waals surface area (Å²) in [6.07, 6.45) is 1.54. The van der Waals surface area contributed by atoms with E-state index < -0.39 is 0 Å². The van der Waals surface area contributed by atoms with Crippen LogP contribution in [0.3, 0.4) is 0 Å². The third kappa shape index (κ3) is 2.53. The first kappa shape index (κ1) is 12.2. The molecule has 1 heterocycles. The number of H-pyrrole nitrogens is 1. The summed E-state index contributed by atoms with van der Waals surface area (Å²) in [5.74, 6) is 0.558. The van der Waals surface area contributed by atoms with Gasteiger partial charge in [0.2, 0.25) is 0 Å². The molecule has 0 atom stereocenters. The molecule has 0 saturated carbocycles. The molecular formula is C13H9ClN2O2. The van der Waals surface area contributed by atoms with Gasteiger partial charge < -0.3 is 9.72 Å². The monoisotopic (exact) mass is 260 g/mol. The standard InChI is InChI=1S/C13H9ClN2O2/c1-8-2-3-16-13(17)12(8)18-11-5-9(7-15)4-10(14)6-11/h2-6H,1H3,(H,16,17). The van der Waals surface area contributed by atoms with Crippen LogP contribution in [0.1, 0.15) is 11.1 Å². The van der Waals surface area contributed by atoms with Crippen LogP contribution in [0.25, 0.3) is 0 Å². The summed E-state index contributed by atoms with van der Waals surface area (Å²) in [5.41, 5.74) is 0.758. The second-order valence-corrected chi connectivity index (χ2v) is 4.14. The lowest BCUT2D eigenvalue weighted by Gasteiger charge is -2.07. The first-order chi connectivity index (χ1) is 8.60. The fraction of sp³-hybridized carbons (Fsp3) is 0.0769. The van der Waals surface area contributed by atoms with Gasteiger partial charge in [-0.05, 0) is 36.8 Å². The van der Waals surface area contributed by atoms with Gasteiger partial charge in [-0.2, -0.15) is 5.26 Å². The van der Waals surface area contributed by atoms with E-state index in [-0.39, 0.29) is 11.3 Å². The van der Waals surface area contributed by atoms with Crippen molar-refractivity contribution in [3.8, 4) is 17.6 Å². The summed E-state index contributed by atoms with van der Waals surface area (Å²) >= 11 is 5.86. The SMILES string of the molecule is Cc1cc[nH]c(=O)c1Oc1cc(Cl)cc(C#N)c1. The number of nitriles is 1. The summed E-state index contributed by atoms with van der Waals surface area (Å²) in [4.78, 5) is 14.1. The fourth-order valence-electron chi connectivity index (χ4n) is 1.49. The molecule has 0 bridgehead atoms. The van der Waals surface area contributed by atoms with Crippen LogP contribution in [-0.2, 0) is 0 Å². The highest BCUT2D eigenvalue weighted by Gasteiger charge is 2.07. The number of pyridine rings is 1. The van der Waals surface area contributed by atoms with E-state index in [0.29, 0.717) is 21.9 Å². The molecule has 4 nitrogen and oxygen atoms in total. The maximum atomic E-state index is 11.6. The molecule has 0 aliphatic heterocycles. The molecule has 0 aliphatic rings. The lowest BCUT2D eigenvalue weighted by atomic mass is 10.2. The van der Waals surface area contributed by atoms with Crippen molar-refractivity contribution in [3.05, 3.63) is 57.0 Å². The lowest BCUT2D eigenvalue weighted by Crippen LogP contribution is -2.09. The molecule has 1 aromatic carbocycles. The molecule has 0 amide bonds. The van der Waals surface area contributed by atoms with Gasteiger partial charge in [-0.1, -0.05) is 11.6 Å². The van der Waals surface area contributed by atoms with E-state index in [0.717, 1.165) is 0 Å². The number of hydrogen-bond acceptors (Lipinski definition) is 3. The first-order valence-electron chi connectivity index (χ1n) is 5.17. The number of ether oxygens (including phenoxy) is 1. The van der Waals surface area contributed by atoms with Crippen molar-refractivity contribution in [2.75, 3.05) is 0 Å². The van der Waals surface area contributed by atoms with Gasteiger partial charge in [0, 0.05) is 11.2 Å². The Kier molecular flexibility index (Phi) is 3.35. The zero-order valence-corrected chi connectivity index (χ0v) is 10.3. The van der Waals surface area contributed by atoms with Crippen LogP contribution in [0.5, 0.6) is 11.5 Å². The Morgan fingerprint density at radius 3 is 2.83 bits per heavy atom. The molecule has 90 valence electrons. The number of aryl methyl sites for hydroxylation is 1. The minimum absolute atomic E-state index is 0.198. The number of rotatable bonds is 2. The van der Waals surface area contributed by atoms with Gasteiger partial charge in [0.25, 0.3) is 5.56 Å². The van der Waals surface area contributed by atoms with Crippen molar-refractivity contribution in [3.63, 3.8) is 0 Å². The highest BCUT2D eigenvalue weighted by molar-refractivity contribution is 6.30. The molecular weight excluding hydrogens is 252 g/mol. The third-order valence-electron chi connectivity index (χ3n) is 2.33. The summed E-state index contributed by atoms with van der Waals surface area (Å²) in [6.45, 7) is 1.76. The van der Waals surface area contributed by atoms with Gasteiger partial charge in [-0.15, -0.1) is 0 Å². The smallest absolute Gasteiger partial charge is 0.291 e. The molecule has 2 rings (SSSR count). The Hall–Kier alpha value is -2.25. The Bertz CT molecular complexity index is 686. The Morgan fingerprint density at radius 1 is 1.39 bits per heavy atom. The summed E-state index contributed by atoms with van der Waals surface area (Å²) < 4.78 is 5.48. The van der Waals surface area contributed by atoms with E-state index in [1.54, 1.807) is 25.3 Å². The van der Waals surface area contributed by atoms with Crippen LogP contribution >= 0.6 is 11.6 Å². The molecule has 0 unspecified atom stereocenters. The van der Waals surface area contributed by atoms with Gasteiger partial charge >= 0.3 is 0 Å². The van der Waals surface area contributed by atoms with Crippen molar-refractivity contribution in [1.82, 2.24) is 4.98 Å². The van der Waals surface area contributed by atoms with E-state index in [4.69, 9.17) is 21.6 Å². The van der Waals surface area contributed by atoms with E-state index in [1.165, 1.54) is 12.1 Å². The number of aromatic amines is 1. The third-order valence-corrected chi connectivity index (χ3v) is 2.55. The Balaban J connectivity index is 2.44. The maximum Gasteiger partial charge on any atom is 0.291 e. The van der Waals surface area contributed by atoms with Crippen molar-refractivity contribution in [2.24, 2.45) is 0 Å². The predicted molar refractivity (Wildman–Crippen MR) is 68.0 cm³/mol. The summed E-state index contributed by atoms with van der Waals surface area (Å²) in [6, 6.07) is 8.30. The van der Waals surface area contributed by atoms with Crippen LogP contribution in [0.4, 0.5) is 0 Å². The number of aromatic nitrogens is 1. The zero-order valence-electron chi connectivity index (χ0n) is 9.53. The second kappa shape index (κ2) is 4.94. The maximum absolute atomic E-state index is 11.6. The van der Waals surface area contributed by atoms with Gasteiger partial charge in [-0.25, -0.2) is 0 Å². The summed E-state index contributed by atoms with van der Waals surface area (Å²) in [7, 11) is 0. The van der Waals surface area contributed by atoms with Gasteiger partial charge in [0.05, 0.1) is 11.6 Å². The number of benzene rings is 1. The molecule has 0 aliphatic carbocycles. The Morgan fingerprint density at radius 2 is 2.17 bits per heavy atom. The zero-order chi connectivity index (χ0) is 13.1. The minimum Gasteiger partial charge on any atom is -0.451 e. The molecule has 0 saturated heterocycles. The fourth-order valence-corrected chi connectivity index (χ4v) is 1.72. The molecule has 5 heteroatoms. The average Bonchev–Trinajstić information content (AvgIpc) is 2.33. The van der Waals surface area contributed by atoms with E-state index in [1.807, 2.05) is 6.07 Å².